The van der Waals surface area contributed by atoms with E-state index in [-0.39, 0.29) is 11.1 Å². The number of aromatic amines is 2. The molecule has 0 aliphatic rings. The van der Waals surface area contributed by atoms with Crippen LogP contribution in [0.2, 0.25) is 0 Å². The summed E-state index contributed by atoms with van der Waals surface area (Å²) >= 11 is 0. The maximum Gasteiger partial charge on any atom is 0.335 e. The average Bonchev–Trinajstić information content (AvgIpc) is 3.11. The van der Waals surface area contributed by atoms with Crippen LogP contribution in [0.1, 0.15) is 27.3 Å². The molecule has 0 aliphatic carbocycles. The molecule has 3 aromatic rings. The van der Waals surface area contributed by atoms with Crippen LogP contribution < -0.4 is 5.56 Å². The fraction of sp³-hybridized carbons (Fsp3) is 0.125. The van der Waals surface area contributed by atoms with Gasteiger partial charge >= 0.3 is 5.97 Å². The Hall–Kier alpha value is -3.02. The lowest BCUT2D eigenvalue weighted by atomic mass is 10.1. The van der Waals surface area contributed by atoms with Crippen LogP contribution in [-0.4, -0.2) is 25.8 Å². The number of hydrogen-bond acceptors (Lipinski definition) is 2. The number of carboxylic acid groups (broad SMARTS) is 1. The molecule has 2 heterocycles. The van der Waals surface area contributed by atoms with Gasteiger partial charge < -0.3 is 10.1 Å². The van der Waals surface area contributed by atoms with Crippen molar-refractivity contribution in [3.05, 3.63) is 75.5 Å². The van der Waals surface area contributed by atoms with Crippen molar-refractivity contribution in [1.29, 1.82) is 0 Å². The molecule has 6 heteroatoms. The van der Waals surface area contributed by atoms with Gasteiger partial charge in [0, 0.05) is 29.6 Å². The highest BCUT2D eigenvalue weighted by molar-refractivity contribution is 5.87. The molecule has 0 aliphatic heterocycles. The Morgan fingerprint density at radius 3 is 2.55 bits per heavy atom. The number of H-pyrrole nitrogens is 2. The summed E-state index contributed by atoms with van der Waals surface area (Å²) in [7, 11) is 0. The maximum absolute atomic E-state index is 12.5. The minimum atomic E-state index is -0.992. The lowest BCUT2D eigenvalue weighted by Gasteiger charge is -2.02. The Morgan fingerprint density at radius 1 is 1.23 bits per heavy atom. The summed E-state index contributed by atoms with van der Waals surface area (Å²) in [5.74, 6) is -0.992. The van der Waals surface area contributed by atoms with Gasteiger partial charge in [-0.3, -0.25) is 9.89 Å². The number of aromatic carboxylic acids is 1. The number of hydrogen-bond donors (Lipinski definition) is 3. The van der Waals surface area contributed by atoms with Crippen LogP contribution in [0.25, 0.3) is 5.69 Å². The van der Waals surface area contributed by atoms with E-state index in [2.05, 4.69) is 10.1 Å². The molecule has 1 aromatic carbocycles. The molecule has 6 nitrogen and oxygen atoms in total. The highest BCUT2D eigenvalue weighted by Crippen LogP contribution is 2.12. The number of nitrogens with one attached hydrogen (secondary N) is 2. The van der Waals surface area contributed by atoms with E-state index in [9.17, 15) is 9.59 Å². The molecule has 0 saturated carbocycles. The van der Waals surface area contributed by atoms with E-state index < -0.39 is 5.97 Å². The predicted octanol–water partition coefficient (Wildman–Crippen LogP) is 2.09. The first kappa shape index (κ1) is 13.9. The van der Waals surface area contributed by atoms with Crippen molar-refractivity contribution < 1.29 is 9.90 Å². The highest BCUT2D eigenvalue weighted by Gasteiger charge is 2.13. The number of nitrogens with zero attached hydrogens (tertiary/aromatic N) is 1. The number of benzene rings is 1. The third kappa shape index (κ3) is 2.46. The van der Waals surface area contributed by atoms with E-state index in [0.717, 1.165) is 11.4 Å². The van der Waals surface area contributed by atoms with Crippen LogP contribution in [-0.2, 0) is 6.42 Å². The van der Waals surface area contributed by atoms with Crippen LogP contribution >= 0.6 is 0 Å². The molecule has 0 saturated heterocycles. The fourth-order valence-electron chi connectivity index (χ4n) is 2.39. The molecule has 0 spiro atoms. The van der Waals surface area contributed by atoms with Crippen molar-refractivity contribution in [2.45, 2.75) is 13.3 Å². The summed E-state index contributed by atoms with van der Waals surface area (Å²) < 4.78 is 1.43. The van der Waals surface area contributed by atoms with Crippen LogP contribution in [0.5, 0.6) is 0 Å². The van der Waals surface area contributed by atoms with Crippen molar-refractivity contribution in [2.75, 3.05) is 0 Å². The highest BCUT2D eigenvalue weighted by atomic mass is 16.4. The molecular formula is C16H15N3O3. The average molecular weight is 297 g/mol. The van der Waals surface area contributed by atoms with Gasteiger partial charge in [-0.1, -0.05) is 0 Å². The first-order chi connectivity index (χ1) is 10.6. The third-order valence-electron chi connectivity index (χ3n) is 3.60. The van der Waals surface area contributed by atoms with Crippen LogP contribution in [0, 0.1) is 6.92 Å². The van der Waals surface area contributed by atoms with Gasteiger partial charge in [-0.25, -0.2) is 9.48 Å². The van der Waals surface area contributed by atoms with Crippen LogP contribution in [0.15, 0.2) is 47.4 Å². The molecule has 112 valence electrons. The number of aryl methyl sites for hydroxylation is 1. The largest absolute Gasteiger partial charge is 0.478 e. The van der Waals surface area contributed by atoms with Crippen molar-refractivity contribution in [3.63, 3.8) is 0 Å². The normalized spacial score (nSPS) is 10.8. The Bertz CT molecular complexity index is 855. The van der Waals surface area contributed by atoms with E-state index >= 15 is 0 Å². The summed E-state index contributed by atoms with van der Waals surface area (Å²) in [6.07, 6.45) is 2.34. The van der Waals surface area contributed by atoms with E-state index in [1.807, 2.05) is 25.3 Å². The second-order valence-corrected chi connectivity index (χ2v) is 5.08. The maximum atomic E-state index is 12.5. The minimum absolute atomic E-state index is 0.129. The van der Waals surface area contributed by atoms with E-state index in [0.29, 0.717) is 17.7 Å². The molecule has 0 bridgehead atoms. The molecule has 3 N–H and O–H groups in total. The van der Waals surface area contributed by atoms with Gasteiger partial charge in [-0.05, 0) is 43.3 Å². The Kier molecular flexibility index (Phi) is 3.42. The zero-order valence-corrected chi connectivity index (χ0v) is 12.0. The SMILES string of the molecule is Cc1[nH]n(-c2ccc(C(=O)O)cc2)c(=O)c1Cc1ccc[nH]1. The first-order valence-corrected chi connectivity index (χ1v) is 6.83. The minimum Gasteiger partial charge on any atom is -0.478 e. The standard InChI is InChI=1S/C16H15N3O3/c1-10-14(9-12-3-2-8-17-12)15(20)19(18-10)13-6-4-11(5-7-13)16(21)22/h2-8,17-18H,9H2,1H3,(H,21,22). The van der Waals surface area contributed by atoms with Gasteiger partial charge in [0.25, 0.3) is 5.56 Å². The van der Waals surface area contributed by atoms with Crippen molar-refractivity contribution in [3.8, 4) is 5.69 Å². The van der Waals surface area contributed by atoms with Crippen molar-refractivity contribution in [1.82, 2.24) is 14.8 Å². The monoisotopic (exact) mass is 297 g/mol. The fourth-order valence-corrected chi connectivity index (χ4v) is 2.39. The van der Waals surface area contributed by atoms with Crippen molar-refractivity contribution in [2.24, 2.45) is 0 Å². The van der Waals surface area contributed by atoms with Gasteiger partial charge in [0.05, 0.1) is 11.3 Å². The summed E-state index contributed by atoms with van der Waals surface area (Å²) in [5.41, 5.74) is 3.11. The van der Waals surface area contributed by atoms with Gasteiger partial charge in [-0.2, -0.15) is 0 Å². The van der Waals surface area contributed by atoms with E-state index in [1.54, 1.807) is 12.1 Å². The molecule has 0 radical (unpaired) electrons. The molecule has 0 fully saturated rings. The summed E-state index contributed by atoms with van der Waals surface area (Å²) in [6.45, 7) is 1.85. The van der Waals surface area contributed by atoms with E-state index in [4.69, 9.17) is 5.11 Å². The first-order valence-electron chi connectivity index (χ1n) is 6.83. The topological polar surface area (TPSA) is 90.9 Å². The van der Waals surface area contributed by atoms with Gasteiger partial charge in [-0.15, -0.1) is 0 Å². The summed E-state index contributed by atoms with van der Waals surface area (Å²) in [5, 5.41) is 11.9. The molecule has 3 rings (SSSR count). The Balaban J connectivity index is 1.98. The van der Waals surface area contributed by atoms with Crippen LogP contribution in [0.4, 0.5) is 0 Å². The smallest absolute Gasteiger partial charge is 0.335 e. The zero-order chi connectivity index (χ0) is 15.7. The quantitative estimate of drug-likeness (QED) is 0.688. The molecule has 0 atom stereocenters. The molecular weight excluding hydrogens is 282 g/mol. The summed E-state index contributed by atoms with van der Waals surface area (Å²) in [4.78, 5) is 26.5. The van der Waals surface area contributed by atoms with Crippen molar-refractivity contribution >= 4 is 5.97 Å². The third-order valence-corrected chi connectivity index (χ3v) is 3.60. The second kappa shape index (κ2) is 5.40. The Morgan fingerprint density at radius 2 is 1.95 bits per heavy atom. The lowest BCUT2D eigenvalue weighted by Crippen LogP contribution is -2.17. The molecule has 22 heavy (non-hydrogen) atoms. The van der Waals surface area contributed by atoms with Gasteiger partial charge in [0.2, 0.25) is 0 Å². The van der Waals surface area contributed by atoms with Crippen LogP contribution in [0.3, 0.4) is 0 Å². The Labute approximate surface area is 126 Å². The molecule has 0 unspecified atom stereocenters. The predicted molar refractivity (Wildman–Crippen MR) is 81.7 cm³/mol. The number of rotatable bonds is 4. The lowest BCUT2D eigenvalue weighted by molar-refractivity contribution is 0.0697. The number of carbonyl (C=O) groups is 1. The van der Waals surface area contributed by atoms with Gasteiger partial charge in [0.15, 0.2) is 0 Å². The van der Waals surface area contributed by atoms with E-state index in [1.165, 1.54) is 16.8 Å². The summed E-state index contributed by atoms with van der Waals surface area (Å²) in [6, 6.07) is 9.99. The number of carboxylic acids is 1. The molecule has 2 aromatic heterocycles. The van der Waals surface area contributed by atoms with Gasteiger partial charge in [0.1, 0.15) is 0 Å². The number of aromatic nitrogens is 3. The molecule has 0 amide bonds. The second-order valence-electron chi connectivity index (χ2n) is 5.08. The zero-order valence-electron chi connectivity index (χ0n) is 12.0.